The van der Waals surface area contributed by atoms with Crippen LogP contribution in [-0.4, -0.2) is 26.5 Å². The lowest BCUT2D eigenvalue weighted by Crippen LogP contribution is -2.25. The number of hydrogen-bond donors (Lipinski definition) is 2. The minimum atomic E-state index is -0.885. The Labute approximate surface area is 134 Å². The van der Waals surface area contributed by atoms with Crippen molar-refractivity contribution in [2.45, 2.75) is 19.1 Å². The molecule has 6 heteroatoms. The van der Waals surface area contributed by atoms with E-state index in [0.717, 1.165) is 19.7 Å². The maximum absolute atomic E-state index is 11.3. The maximum atomic E-state index is 11.3. The van der Waals surface area contributed by atoms with E-state index in [2.05, 4.69) is 22.6 Å². The monoisotopic (exact) mass is 401 g/mol. The van der Waals surface area contributed by atoms with Gasteiger partial charge in [-0.05, 0) is 53.1 Å². The van der Waals surface area contributed by atoms with E-state index >= 15 is 0 Å². The Morgan fingerprint density at radius 3 is 2.75 bits per heavy atom. The van der Waals surface area contributed by atoms with Gasteiger partial charge in [0.1, 0.15) is 6.10 Å². The van der Waals surface area contributed by atoms with Crippen molar-refractivity contribution in [3.8, 4) is 0 Å². The predicted molar refractivity (Wildman–Crippen MR) is 87.0 cm³/mol. The Morgan fingerprint density at radius 2 is 2.10 bits per heavy atom. The molecule has 20 heavy (non-hydrogen) atoms. The molecule has 2 aliphatic rings. The van der Waals surface area contributed by atoms with Gasteiger partial charge in [-0.15, -0.1) is 0 Å². The van der Waals surface area contributed by atoms with Crippen LogP contribution in [0.15, 0.2) is 38.8 Å². The molecule has 2 atom stereocenters. The van der Waals surface area contributed by atoms with Gasteiger partial charge in [-0.25, -0.2) is 4.79 Å². The number of nitrogens with zero attached hydrogens (tertiary/aromatic N) is 1. The molecule has 0 radical (unpaired) electrons. The highest BCUT2D eigenvalue weighted by Crippen LogP contribution is 2.49. The van der Waals surface area contributed by atoms with Gasteiger partial charge in [0.15, 0.2) is 0 Å². The van der Waals surface area contributed by atoms with Crippen molar-refractivity contribution in [2.75, 3.05) is 0 Å². The van der Waals surface area contributed by atoms with Crippen molar-refractivity contribution < 1.29 is 15.0 Å². The first kappa shape index (κ1) is 14.0. The number of carboxylic acids is 1. The van der Waals surface area contributed by atoms with Gasteiger partial charge >= 0.3 is 5.97 Å². The Morgan fingerprint density at radius 1 is 1.40 bits per heavy atom. The van der Waals surface area contributed by atoms with Gasteiger partial charge in [-0.1, -0.05) is 24.3 Å². The van der Waals surface area contributed by atoms with Crippen LogP contribution in [-0.2, 0) is 4.79 Å². The van der Waals surface area contributed by atoms with Crippen LogP contribution < -0.4 is 0 Å². The maximum Gasteiger partial charge on any atom is 0.335 e. The van der Waals surface area contributed by atoms with Gasteiger partial charge < -0.3 is 14.5 Å². The van der Waals surface area contributed by atoms with E-state index in [-0.39, 0.29) is 6.04 Å². The fourth-order valence-corrected chi connectivity index (χ4v) is 4.89. The van der Waals surface area contributed by atoms with Crippen LogP contribution in [0.1, 0.15) is 24.2 Å². The molecule has 2 unspecified atom stereocenters. The first-order valence-electron chi connectivity index (χ1n) is 6.10. The molecule has 1 heterocycles. The largest absolute Gasteiger partial charge is 0.478 e. The minimum Gasteiger partial charge on any atom is -0.478 e. The molecule has 1 aromatic rings. The third kappa shape index (κ3) is 2.06. The number of hydrogen-bond acceptors (Lipinski definition) is 4. The van der Waals surface area contributed by atoms with Gasteiger partial charge in [0.2, 0.25) is 0 Å². The van der Waals surface area contributed by atoms with Crippen molar-refractivity contribution in [2.24, 2.45) is 0 Å². The van der Waals surface area contributed by atoms with Crippen molar-refractivity contribution in [3.05, 3.63) is 50.0 Å². The molecular weight excluding hydrogens is 389 g/mol. The summed E-state index contributed by atoms with van der Waals surface area (Å²) < 4.78 is 2.72. The van der Waals surface area contributed by atoms with Crippen LogP contribution in [0.2, 0.25) is 0 Å². The van der Waals surface area contributed by atoms with Crippen LogP contribution >= 0.6 is 34.5 Å². The molecule has 1 aliphatic heterocycles. The second kappa shape index (κ2) is 5.09. The van der Waals surface area contributed by atoms with Crippen molar-refractivity contribution in [1.82, 2.24) is 4.31 Å². The fourth-order valence-electron chi connectivity index (χ4n) is 2.53. The molecule has 4 nitrogen and oxygen atoms in total. The molecule has 1 aliphatic carbocycles. The number of carbonyl (C=O) groups is 1. The number of aliphatic hydroxyl groups is 1. The molecule has 0 saturated carbocycles. The van der Waals surface area contributed by atoms with Crippen LogP contribution in [0, 0.1) is 0 Å². The van der Waals surface area contributed by atoms with E-state index < -0.39 is 12.1 Å². The number of fused-ring (bicyclic) bond motifs is 1. The summed E-state index contributed by atoms with van der Waals surface area (Å²) in [5, 5.41) is 19.4. The first-order chi connectivity index (χ1) is 9.50. The zero-order chi connectivity index (χ0) is 14.4. The van der Waals surface area contributed by atoms with Gasteiger partial charge in [0, 0.05) is 5.56 Å². The molecular formula is C14H12INO3S. The number of benzene rings is 1. The number of halogens is 1. The number of carboxylic acid groups (broad SMARTS) is 1. The topological polar surface area (TPSA) is 60.8 Å². The van der Waals surface area contributed by atoms with E-state index in [1.54, 1.807) is 6.08 Å². The summed E-state index contributed by atoms with van der Waals surface area (Å²) in [5.41, 5.74) is 3.13. The standard InChI is InChI=1S/C14H12INO3S/c1-7-12(14(18)19)13(15)20-16(7)10-6-11(17)9-5-3-2-4-8(9)10/h2-7,11,17H,1H3,(H,18,19). The number of aliphatic hydroxyl groups excluding tert-OH is 1. The van der Waals surface area contributed by atoms with Gasteiger partial charge in [0.05, 0.1) is 20.2 Å². The molecule has 0 aromatic heterocycles. The fraction of sp³-hybridized carbons (Fsp3) is 0.214. The summed E-state index contributed by atoms with van der Waals surface area (Å²) >= 11 is 3.47. The Bertz CT molecular complexity index is 656. The zero-order valence-electron chi connectivity index (χ0n) is 10.6. The molecule has 1 aromatic carbocycles. The summed E-state index contributed by atoms with van der Waals surface area (Å²) in [6, 6.07) is 7.44. The average Bonchev–Trinajstić information content (AvgIpc) is 2.88. The van der Waals surface area contributed by atoms with E-state index in [1.165, 1.54) is 11.9 Å². The summed E-state index contributed by atoms with van der Waals surface area (Å²) in [5.74, 6) is -0.885. The molecule has 0 amide bonds. The highest BCUT2D eigenvalue weighted by molar-refractivity contribution is 14.1. The van der Waals surface area contributed by atoms with Crippen LogP contribution in [0.5, 0.6) is 0 Å². The summed E-state index contributed by atoms with van der Waals surface area (Å²) in [6.45, 7) is 1.87. The van der Waals surface area contributed by atoms with E-state index in [4.69, 9.17) is 0 Å². The first-order valence-corrected chi connectivity index (χ1v) is 7.95. The average molecular weight is 401 g/mol. The molecule has 3 rings (SSSR count). The normalized spacial score (nSPS) is 24.9. The van der Waals surface area contributed by atoms with Gasteiger partial charge in [-0.2, -0.15) is 0 Å². The number of rotatable bonds is 2. The van der Waals surface area contributed by atoms with Crippen LogP contribution in [0.25, 0.3) is 5.70 Å². The Hall–Kier alpha value is -0.990. The van der Waals surface area contributed by atoms with E-state index in [1.807, 2.05) is 35.5 Å². The minimum absolute atomic E-state index is 0.228. The molecule has 0 saturated heterocycles. The highest BCUT2D eigenvalue weighted by atomic mass is 127. The molecule has 104 valence electrons. The van der Waals surface area contributed by atoms with Crippen LogP contribution in [0.4, 0.5) is 0 Å². The number of aliphatic carboxylic acids is 1. The van der Waals surface area contributed by atoms with Crippen molar-refractivity contribution >= 4 is 46.2 Å². The second-order valence-electron chi connectivity index (χ2n) is 4.67. The lowest BCUT2D eigenvalue weighted by atomic mass is 10.1. The van der Waals surface area contributed by atoms with Crippen molar-refractivity contribution in [3.63, 3.8) is 0 Å². The molecule has 0 fully saturated rings. The summed E-state index contributed by atoms with van der Waals surface area (Å²) in [6.07, 6.45) is 1.16. The molecule has 0 spiro atoms. The smallest absolute Gasteiger partial charge is 0.335 e. The SMILES string of the molecule is CC1C(C(=O)O)=C(I)SN1C1=CC(O)c2ccccc21. The third-order valence-corrected chi connectivity index (χ3v) is 5.76. The van der Waals surface area contributed by atoms with E-state index in [9.17, 15) is 15.0 Å². The lowest BCUT2D eigenvalue weighted by Gasteiger charge is -2.25. The second-order valence-corrected chi connectivity index (χ2v) is 7.46. The quantitative estimate of drug-likeness (QED) is 0.589. The van der Waals surface area contributed by atoms with Crippen molar-refractivity contribution in [1.29, 1.82) is 0 Å². The Kier molecular flexibility index (Phi) is 3.55. The molecule has 2 N–H and O–H groups in total. The summed E-state index contributed by atoms with van der Waals surface area (Å²) in [4.78, 5) is 11.3. The molecule has 0 bridgehead atoms. The predicted octanol–water partition coefficient (Wildman–Crippen LogP) is 3.16. The highest BCUT2D eigenvalue weighted by Gasteiger charge is 2.37. The third-order valence-electron chi connectivity index (χ3n) is 3.50. The van der Waals surface area contributed by atoms with Gasteiger partial charge in [0.25, 0.3) is 0 Å². The van der Waals surface area contributed by atoms with Gasteiger partial charge in [-0.3, -0.25) is 0 Å². The zero-order valence-corrected chi connectivity index (χ0v) is 13.6. The van der Waals surface area contributed by atoms with E-state index in [0.29, 0.717) is 5.57 Å². The lowest BCUT2D eigenvalue weighted by molar-refractivity contribution is -0.133. The summed E-state index contributed by atoms with van der Waals surface area (Å²) in [7, 11) is 0. The Balaban J connectivity index is 1.98. The van der Waals surface area contributed by atoms with Crippen LogP contribution in [0.3, 0.4) is 0 Å².